The van der Waals surface area contributed by atoms with Gasteiger partial charge < -0.3 is 9.47 Å². The molecule has 0 saturated carbocycles. The molecule has 0 aromatic carbocycles. The van der Waals surface area contributed by atoms with Crippen molar-refractivity contribution in [1.29, 1.82) is 5.26 Å². The summed E-state index contributed by atoms with van der Waals surface area (Å²) in [4.78, 5) is 15.1. The summed E-state index contributed by atoms with van der Waals surface area (Å²) in [5, 5.41) is 8.94. The summed E-state index contributed by atoms with van der Waals surface area (Å²) in [6.07, 6.45) is -3.73. The molecule has 1 heterocycles. The van der Waals surface area contributed by atoms with Gasteiger partial charge in [0.1, 0.15) is 0 Å². The molecule has 0 radical (unpaired) electrons. The second kappa shape index (κ2) is 6.75. The second-order valence-electron chi connectivity index (χ2n) is 3.80. The largest absolute Gasteiger partial charge is 0.481 e. The summed E-state index contributed by atoms with van der Waals surface area (Å²) < 4.78 is 44.5. The number of ether oxygens (including phenoxy) is 2. The van der Waals surface area contributed by atoms with Gasteiger partial charge in [0.2, 0.25) is 5.88 Å². The van der Waals surface area contributed by atoms with E-state index in [1.54, 1.807) is 0 Å². The first-order chi connectivity index (χ1) is 9.35. The van der Waals surface area contributed by atoms with Gasteiger partial charge in [0.15, 0.2) is 6.61 Å². The van der Waals surface area contributed by atoms with Gasteiger partial charge in [-0.1, -0.05) is 6.07 Å². The molecule has 0 spiro atoms. The van der Waals surface area contributed by atoms with Gasteiger partial charge in [-0.3, -0.25) is 4.79 Å². The summed E-state index contributed by atoms with van der Waals surface area (Å²) in [6.45, 7) is -1.66. The van der Waals surface area contributed by atoms with Crippen LogP contribution in [0.5, 0.6) is 5.88 Å². The molecule has 0 aliphatic carbocycles. The van der Waals surface area contributed by atoms with Crippen LogP contribution in [0.3, 0.4) is 0 Å². The lowest BCUT2D eigenvalue weighted by atomic mass is 9.99. The molecule has 0 bridgehead atoms. The Kier molecular flexibility index (Phi) is 5.32. The summed E-state index contributed by atoms with van der Waals surface area (Å²) >= 11 is 0. The fourth-order valence-corrected chi connectivity index (χ4v) is 1.34. The minimum atomic E-state index is -4.58. The first-order valence-electron chi connectivity index (χ1n) is 5.47. The number of hydrogen-bond donors (Lipinski definition) is 0. The van der Waals surface area contributed by atoms with Crippen LogP contribution >= 0.6 is 0 Å². The van der Waals surface area contributed by atoms with Crippen molar-refractivity contribution >= 4 is 5.97 Å². The first kappa shape index (κ1) is 15.8. The molecule has 1 aromatic heterocycles. The minimum absolute atomic E-state index is 0.324. The Balaban J connectivity index is 2.62. The average molecular weight is 288 g/mol. The summed E-state index contributed by atoms with van der Waals surface area (Å²) in [6, 6.07) is 4.82. The maximum absolute atomic E-state index is 11.9. The second-order valence-corrected chi connectivity index (χ2v) is 3.80. The van der Waals surface area contributed by atoms with Crippen LogP contribution in [-0.4, -0.2) is 30.8 Å². The minimum Gasteiger partial charge on any atom is -0.481 e. The predicted molar refractivity (Wildman–Crippen MR) is 60.8 cm³/mol. The lowest BCUT2D eigenvalue weighted by Gasteiger charge is -2.11. The van der Waals surface area contributed by atoms with Crippen molar-refractivity contribution in [2.45, 2.75) is 18.5 Å². The summed E-state index contributed by atoms with van der Waals surface area (Å²) in [5.41, 5.74) is 0.400. The Morgan fingerprint density at radius 1 is 1.50 bits per heavy atom. The number of alkyl halides is 3. The number of rotatable bonds is 5. The van der Waals surface area contributed by atoms with E-state index in [-0.39, 0.29) is 0 Å². The van der Waals surface area contributed by atoms with Crippen LogP contribution in [-0.2, 0) is 9.53 Å². The maximum atomic E-state index is 11.9. The number of halogens is 3. The van der Waals surface area contributed by atoms with Crippen molar-refractivity contribution in [1.82, 2.24) is 4.98 Å². The Hall–Kier alpha value is -2.30. The van der Waals surface area contributed by atoms with Crippen LogP contribution in [0, 0.1) is 11.3 Å². The molecule has 0 fully saturated rings. The van der Waals surface area contributed by atoms with Crippen LogP contribution in [0.1, 0.15) is 17.9 Å². The molecule has 5 nitrogen and oxygen atoms in total. The highest BCUT2D eigenvalue weighted by atomic mass is 19.4. The molecule has 20 heavy (non-hydrogen) atoms. The number of carbonyl (C=O) groups excluding carboxylic acids is 1. The van der Waals surface area contributed by atoms with Crippen molar-refractivity contribution in [3.05, 3.63) is 23.9 Å². The molecule has 8 heteroatoms. The van der Waals surface area contributed by atoms with Crippen molar-refractivity contribution in [3.63, 3.8) is 0 Å². The van der Waals surface area contributed by atoms with E-state index in [9.17, 15) is 18.0 Å². The SMILES string of the molecule is COc1ccc([C@H](C#N)CC(=O)OCC(F)(F)F)cn1. The predicted octanol–water partition coefficient (Wildman–Crippen LogP) is 2.19. The van der Waals surface area contributed by atoms with Crippen LogP contribution < -0.4 is 4.74 Å². The number of hydrogen-bond acceptors (Lipinski definition) is 5. The monoisotopic (exact) mass is 288 g/mol. The van der Waals surface area contributed by atoms with Gasteiger partial charge in [0, 0.05) is 12.3 Å². The van der Waals surface area contributed by atoms with Gasteiger partial charge >= 0.3 is 12.1 Å². The quantitative estimate of drug-likeness (QED) is 0.777. The van der Waals surface area contributed by atoms with Gasteiger partial charge in [-0.25, -0.2) is 4.98 Å². The Bertz CT molecular complexity index is 494. The molecule has 0 N–H and O–H groups in total. The van der Waals surface area contributed by atoms with Crippen molar-refractivity contribution in [2.75, 3.05) is 13.7 Å². The van der Waals surface area contributed by atoms with E-state index < -0.39 is 31.1 Å². The van der Waals surface area contributed by atoms with Crippen LogP contribution in [0.15, 0.2) is 18.3 Å². The zero-order chi connectivity index (χ0) is 15.2. The van der Waals surface area contributed by atoms with Crippen LogP contribution in [0.2, 0.25) is 0 Å². The van der Waals surface area contributed by atoms with Gasteiger partial charge in [0.25, 0.3) is 0 Å². The highest BCUT2D eigenvalue weighted by Crippen LogP contribution is 2.21. The third-order valence-electron chi connectivity index (χ3n) is 2.29. The molecule has 0 saturated heterocycles. The fourth-order valence-electron chi connectivity index (χ4n) is 1.34. The Morgan fingerprint density at radius 2 is 2.20 bits per heavy atom. The number of pyridine rings is 1. The highest BCUT2D eigenvalue weighted by molar-refractivity contribution is 5.71. The molecule has 0 unspecified atom stereocenters. The van der Waals surface area contributed by atoms with Crippen LogP contribution in [0.4, 0.5) is 13.2 Å². The third-order valence-corrected chi connectivity index (χ3v) is 2.29. The molecule has 0 aliphatic heterocycles. The molecule has 0 amide bonds. The number of nitrogens with zero attached hydrogens (tertiary/aromatic N) is 2. The fraction of sp³-hybridized carbons (Fsp3) is 0.417. The zero-order valence-corrected chi connectivity index (χ0v) is 10.5. The van der Waals surface area contributed by atoms with Crippen LogP contribution in [0.25, 0.3) is 0 Å². The molecule has 1 aromatic rings. The lowest BCUT2D eigenvalue weighted by Crippen LogP contribution is -2.21. The lowest BCUT2D eigenvalue weighted by molar-refractivity contribution is -0.186. The zero-order valence-electron chi connectivity index (χ0n) is 10.5. The van der Waals surface area contributed by atoms with Gasteiger partial charge in [-0.15, -0.1) is 0 Å². The third kappa shape index (κ3) is 5.14. The summed E-state index contributed by atoms with van der Waals surface area (Å²) in [5.74, 6) is -1.69. The number of methoxy groups -OCH3 is 1. The number of esters is 1. The Labute approximate surface area is 112 Å². The van der Waals surface area contributed by atoms with E-state index in [0.717, 1.165) is 0 Å². The topological polar surface area (TPSA) is 72.2 Å². The average Bonchev–Trinajstić information content (AvgIpc) is 2.42. The maximum Gasteiger partial charge on any atom is 0.422 e. The van der Waals surface area contributed by atoms with E-state index in [1.807, 2.05) is 6.07 Å². The normalized spacial score (nSPS) is 12.3. The molecule has 108 valence electrons. The van der Waals surface area contributed by atoms with E-state index in [1.165, 1.54) is 25.4 Å². The number of carbonyl (C=O) groups is 1. The van der Waals surface area contributed by atoms with Crippen molar-refractivity contribution in [2.24, 2.45) is 0 Å². The molecule has 1 atom stereocenters. The molecule has 0 aliphatic rings. The van der Waals surface area contributed by atoms with E-state index in [2.05, 4.69) is 9.72 Å². The van der Waals surface area contributed by atoms with Gasteiger partial charge in [-0.2, -0.15) is 18.4 Å². The van der Waals surface area contributed by atoms with E-state index in [4.69, 9.17) is 10.00 Å². The highest BCUT2D eigenvalue weighted by Gasteiger charge is 2.30. The van der Waals surface area contributed by atoms with E-state index in [0.29, 0.717) is 11.4 Å². The standard InChI is InChI=1S/C12H11F3N2O3/c1-19-10-3-2-8(6-17-10)9(5-16)4-11(18)20-7-12(13,14)15/h2-3,6,9H,4,7H2,1H3/t9-/m0/s1. The number of nitriles is 1. The molecular formula is C12H11F3N2O3. The molecule has 1 rings (SSSR count). The van der Waals surface area contributed by atoms with Gasteiger partial charge in [0.05, 0.1) is 25.5 Å². The Morgan fingerprint density at radius 3 is 2.65 bits per heavy atom. The van der Waals surface area contributed by atoms with Crippen molar-refractivity contribution < 1.29 is 27.4 Å². The van der Waals surface area contributed by atoms with Crippen molar-refractivity contribution in [3.8, 4) is 11.9 Å². The molecular weight excluding hydrogens is 277 g/mol. The summed E-state index contributed by atoms with van der Waals surface area (Å²) in [7, 11) is 1.41. The number of aromatic nitrogens is 1. The van der Waals surface area contributed by atoms with E-state index >= 15 is 0 Å². The first-order valence-corrected chi connectivity index (χ1v) is 5.47. The smallest absolute Gasteiger partial charge is 0.422 e. The van der Waals surface area contributed by atoms with Gasteiger partial charge in [-0.05, 0) is 5.56 Å².